The number of unbranched alkanes of at least 4 members (excludes halogenated alkanes) is 3. The van der Waals surface area contributed by atoms with E-state index in [4.69, 9.17) is 4.74 Å². The third-order valence-corrected chi connectivity index (χ3v) is 2.00. The maximum absolute atomic E-state index is 11.1. The molecule has 0 bridgehead atoms. The number of rotatable bonds is 8. The zero-order valence-corrected chi connectivity index (χ0v) is 9.42. The van der Waals surface area contributed by atoms with E-state index in [9.17, 15) is 4.79 Å². The molecule has 14 heavy (non-hydrogen) atoms. The van der Waals surface area contributed by atoms with Gasteiger partial charge in [-0.3, -0.25) is 4.79 Å². The smallest absolute Gasteiger partial charge is 0.305 e. The van der Waals surface area contributed by atoms with Crippen LogP contribution in [-0.2, 0) is 9.53 Å². The Bertz CT molecular complexity index is 162. The molecule has 0 rings (SSSR count). The summed E-state index contributed by atoms with van der Waals surface area (Å²) in [6.07, 6.45) is 9.88. The van der Waals surface area contributed by atoms with Crippen LogP contribution in [0.3, 0.4) is 0 Å². The van der Waals surface area contributed by atoms with Crippen LogP contribution in [0.25, 0.3) is 0 Å². The first kappa shape index (κ1) is 13.2. The molecule has 0 amide bonds. The van der Waals surface area contributed by atoms with E-state index in [2.05, 4.69) is 13.0 Å². The standard InChI is InChI=1S/C12H22O2/c1-3-5-7-8-9-10-12(13)14-11-6-4-2/h3,5H,4,6-11H2,1-2H3/b5-3+. The first-order valence-corrected chi connectivity index (χ1v) is 5.58. The molecule has 0 aromatic carbocycles. The summed E-state index contributed by atoms with van der Waals surface area (Å²) in [6, 6.07) is 0. The van der Waals surface area contributed by atoms with E-state index in [1.54, 1.807) is 0 Å². The predicted octanol–water partition coefficient (Wildman–Crippen LogP) is 3.47. The third-order valence-electron chi connectivity index (χ3n) is 2.00. The van der Waals surface area contributed by atoms with Gasteiger partial charge in [-0.15, -0.1) is 0 Å². The van der Waals surface area contributed by atoms with E-state index in [1.165, 1.54) is 0 Å². The van der Waals surface area contributed by atoms with Crippen LogP contribution in [0.2, 0.25) is 0 Å². The molecule has 0 aromatic heterocycles. The van der Waals surface area contributed by atoms with Crippen LogP contribution in [0.1, 0.15) is 52.4 Å². The van der Waals surface area contributed by atoms with Crippen LogP contribution >= 0.6 is 0 Å². The minimum Gasteiger partial charge on any atom is -0.466 e. The molecule has 82 valence electrons. The second kappa shape index (κ2) is 10.3. The molecule has 2 heteroatoms. The molecular weight excluding hydrogens is 176 g/mol. The van der Waals surface area contributed by atoms with Gasteiger partial charge < -0.3 is 4.74 Å². The van der Waals surface area contributed by atoms with Gasteiger partial charge in [-0.1, -0.05) is 25.5 Å². The fraction of sp³-hybridized carbons (Fsp3) is 0.750. The van der Waals surface area contributed by atoms with E-state index < -0.39 is 0 Å². The molecule has 2 nitrogen and oxygen atoms in total. The second-order valence-corrected chi connectivity index (χ2v) is 3.39. The first-order chi connectivity index (χ1) is 6.81. The summed E-state index contributed by atoms with van der Waals surface area (Å²) < 4.78 is 5.03. The zero-order valence-electron chi connectivity index (χ0n) is 9.42. The van der Waals surface area contributed by atoms with Crippen molar-refractivity contribution in [3.8, 4) is 0 Å². The van der Waals surface area contributed by atoms with Crippen LogP contribution in [0.15, 0.2) is 12.2 Å². The van der Waals surface area contributed by atoms with Crippen LogP contribution in [0.5, 0.6) is 0 Å². The number of carbonyl (C=O) groups excluding carboxylic acids is 1. The van der Waals surface area contributed by atoms with Crippen molar-refractivity contribution < 1.29 is 9.53 Å². The summed E-state index contributed by atoms with van der Waals surface area (Å²) >= 11 is 0. The Balaban J connectivity index is 3.18. The minimum atomic E-state index is -0.0427. The molecule has 0 aliphatic rings. The first-order valence-electron chi connectivity index (χ1n) is 5.58. The van der Waals surface area contributed by atoms with Crippen molar-refractivity contribution in [1.82, 2.24) is 0 Å². The average molecular weight is 198 g/mol. The van der Waals surface area contributed by atoms with Crippen molar-refractivity contribution in [3.05, 3.63) is 12.2 Å². The molecule has 0 unspecified atom stereocenters. The normalized spacial score (nSPS) is 10.7. The minimum absolute atomic E-state index is 0.0427. The number of ether oxygens (including phenoxy) is 1. The molecule has 0 aromatic rings. The lowest BCUT2D eigenvalue weighted by molar-refractivity contribution is -0.143. The van der Waals surface area contributed by atoms with Gasteiger partial charge in [-0.2, -0.15) is 0 Å². The monoisotopic (exact) mass is 198 g/mol. The predicted molar refractivity (Wildman–Crippen MR) is 59.1 cm³/mol. The Hall–Kier alpha value is -0.790. The number of hydrogen-bond donors (Lipinski definition) is 0. The number of allylic oxidation sites excluding steroid dienone is 2. The highest BCUT2D eigenvalue weighted by atomic mass is 16.5. The molecule has 0 N–H and O–H groups in total. The number of hydrogen-bond acceptors (Lipinski definition) is 2. The second-order valence-electron chi connectivity index (χ2n) is 3.39. The Morgan fingerprint density at radius 1 is 1.29 bits per heavy atom. The Labute approximate surface area is 87.3 Å². The van der Waals surface area contributed by atoms with E-state index in [0.29, 0.717) is 13.0 Å². The summed E-state index contributed by atoms with van der Waals surface area (Å²) in [5.41, 5.74) is 0. The Morgan fingerprint density at radius 2 is 2.07 bits per heavy atom. The lowest BCUT2D eigenvalue weighted by Crippen LogP contribution is -2.05. The van der Waals surface area contributed by atoms with Gasteiger partial charge in [0.15, 0.2) is 0 Å². The summed E-state index contributed by atoms with van der Waals surface area (Å²) in [5.74, 6) is -0.0427. The van der Waals surface area contributed by atoms with Crippen LogP contribution < -0.4 is 0 Å². The lowest BCUT2D eigenvalue weighted by Gasteiger charge is -2.02. The third kappa shape index (κ3) is 9.30. The molecule has 0 atom stereocenters. The summed E-state index contributed by atoms with van der Waals surface area (Å²) in [7, 11) is 0. The molecule has 0 heterocycles. The van der Waals surface area contributed by atoms with Crippen molar-refractivity contribution in [2.45, 2.75) is 52.4 Å². The van der Waals surface area contributed by atoms with Crippen molar-refractivity contribution in [1.29, 1.82) is 0 Å². The molecule has 0 spiro atoms. The summed E-state index contributed by atoms with van der Waals surface area (Å²) in [5, 5.41) is 0. The fourth-order valence-electron chi connectivity index (χ4n) is 1.10. The van der Waals surface area contributed by atoms with Crippen molar-refractivity contribution in [2.24, 2.45) is 0 Å². The van der Waals surface area contributed by atoms with Gasteiger partial charge in [-0.25, -0.2) is 0 Å². The van der Waals surface area contributed by atoms with E-state index in [-0.39, 0.29) is 5.97 Å². The fourth-order valence-corrected chi connectivity index (χ4v) is 1.10. The Morgan fingerprint density at radius 3 is 2.71 bits per heavy atom. The van der Waals surface area contributed by atoms with E-state index >= 15 is 0 Å². The van der Waals surface area contributed by atoms with Crippen LogP contribution in [0, 0.1) is 0 Å². The largest absolute Gasteiger partial charge is 0.466 e. The van der Waals surface area contributed by atoms with Crippen LogP contribution in [-0.4, -0.2) is 12.6 Å². The molecule has 0 radical (unpaired) electrons. The van der Waals surface area contributed by atoms with Gasteiger partial charge in [-0.05, 0) is 32.6 Å². The molecular formula is C12H22O2. The maximum atomic E-state index is 11.1. The van der Waals surface area contributed by atoms with Gasteiger partial charge in [0.2, 0.25) is 0 Å². The topological polar surface area (TPSA) is 26.3 Å². The number of esters is 1. The molecule has 0 fully saturated rings. The average Bonchev–Trinajstić information content (AvgIpc) is 2.18. The molecule has 0 saturated heterocycles. The summed E-state index contributed by atoms with van der Waals surface area (Å²) in [4.78, 5) is 11.1. The van der Waals surface area contributed by atoms with Crippen molar-refractivity contribution >= 4 is 5.97 Å². The van der Waals surface area contributed by atoms with Gasteiger partial charge in [0.1, 0.15) is 0 Å². The molecule has 0 aliphatic carbocycles. The van der Waals surface area contributed by atoms with E-state index in [0.717, 1.165) is 32.1 Å². The quantitative estimate of drug-likeness (QED) is 0.339. The van der Waals surface area contributed by atoms with Gasteiger partial charge >= 0.3 is 5.97 Å². The van der Waals surface area contributed by atoms with Gasteiger partial charge in [0.25, 0.3) is 0 Å². The molecule has 0 saturated carbocycles. The van der Waals surface area contributed by atoms with Gasteiger partial charge in [0, 0.05) is 6.42 Å². The highest BCUT2D eigenvalue weighted by Crippen LogP contribution is 2.02. The maximum Gasteiger partial charge on any atom is 0.305 e. The van der Waals surface area contributed by atoms with E-state index in [1.807, 2.05) is 13.0 Å². The van der Waals surface area contributed by atoms with Crippen molar-refractivity contribution in [3.63, 3.8) is 0 Å². The SMILES string of the molecule is C/C=C/CCCCC(=O)OCCCC. The molecule has 0 aliphatic heterocycles. The summed E-state index contributed by atoms with van der Waals surface area (Å²) in [6.45, 7) is 4.69. The van der Waals surface area contributed by atoms with Crippen LogP contribution in [0.4, 0.5) is 0 Å². The number of carbonyl (C=O) groups is 1. The highest BCUT2D eigenvalue weighted by Gasteiger charge is 2.00. The Kier molecular flexibility index (Phi) is 9.71. The van der Waals surface area contributed by atoms with Gasteiger partial charge in [0.05, 0.1) is 6.61 Å². The highest BCUT2D eigenvalue weighted by molar-refractivity contribution is 5.69. The van der Waals surface area contributed by atoms with Crippen molar-refractivity contribution in [2.75, 3.05) is 6.61 Å². The lowest BCUT2D eigenvalue weighted by atomic mass is 10.2. The zero-order chi connectivity index (χ0) is 10.6.